The molecular weight excluding hydrogens is 344 g/mol. The summed E-state index contributed by atoms with van der Waals surface area (Å²) in [6, 6.07) is 13.4. The van der Waals surface area contributed by atoms with Gasteiger partial charge in [-0.3, -0.25) is 9.59 Å². The minimum absolute atomic E-state index is 0.218. The van der Waals surface area contributed by atoms with Gasteiger partial charge in [0.2, 0.25) is 0 Å². The predicted octanol–water partition coefficient (Wildman–Crippen LogP) is 1.35. The van der Waals surface area contributed by atoms with Gasteiger partial charge in [-0.25, -0.2) is 9.36 Å². The maximum atomic E-state index is 12.2. The third-order valence-electron chi connectivity index (χ3n) is 3.94. The van der Waals surface area contributed by atoms with Crippen LogP contribution in [0.2, 0.25) is 0 Å². The smallest absolute Gasteiger partial charge is 0.266 e. The number of nitriles is 1. The second kappa shape index (κ2) is 7.66. The number of carbonyl (C=O) groups is 1. The van der Waals surface area contributed by atoms with Gasteiger partial charge in [-0.15, -0.1) is 5.10 Å². The van der Waals surface area contributed by atoms with Crippen molar-refractivity contribution in [1.82, 2.24) is 24.9 Å². The number of benzene rings is 1. The second-order valence-electron chi connectivity index (χ2n) is 6.04. The fourth-order valence-corrected chi connectivity index (χ4v) is 2.68. The first kappa shape index (κ1) is 18.1. The van der Waals surface area contributed by atoms with Crippen LogP contribution in [0.4, 0.5) is 0 Å². The lowest BCUT2D eigenvalue weighted by molar-refractivity contribution is 0.0951. The summed E-state index contributed by atoms with van der Waals surface area (Å²) in [5, 5.41) is 20.3. The van der Waals surface area contributed by atoms with Crippen molar-refractivity contribution < 1.29 is 4.79 Å². The number of nitrogens with one attached hydrogen (secondary N) is 1. The average Bonchev–Trinajstić information content (AvgIpc) is 3.01. The summed E-state index contributed by atoms with van der Waals surface area (Å²) in [6.45, 7) is 4.24. The van der Waals surface area contributed by atoms with Crippen molar-refractivity contribution in [3.8, 4) is 11.9 Å². The standard InChI is InChI=1S/C19H18N6O2/c1-13-10-14(2)25(22-13)17-6-7-18(26)24(23-17)9-8-21-19(27)16-5-3-4-15(11-16)12-20/h3-7,10-11H,8-9H2,1-2H3,(H,21,27). The van der Waals surface area contributed by atoms with Crippen LogP contribution in [0.1, 0.15) is 27.3 Å². The molecule has 3 aromatic rings. The first-order valence-corrected chi connectivity index (χ1v) is 8.38. The van der Waals surface area contributed by atoms with E-state index in [1.165, 1.54) is 16.8 Å². The van der Waals surface area contributed by atoms with E-state index in [0.29, 0.717) is 16.9 Å². The molecule has 136 valence electrons. The third-order valence-corrected chi connectivity index (χ3v) is 3.94. The lowest BCUT2D eigenvalue weighted by atomic mass is 10.1. The summed E-state index contributed by atoms with van der Waals surface area (Å²) in [7, 11) is 0. The molecule has 0 saturated heterocycles. The molecule has 0 saturated carbocycles. The Morgan fingerprint density at radius 2 is 2.00 bits per heavy atom. The van der Waals surface area contributed by atoms with Gasteiger partial charge in [-0.2, -0.15) is 10.4 Å². The molecule has 0 aliphatic heterocycles. The maximum Gasteiger partial charge on any atom is 0.266 e. The lowest BCUT2D eigenvalue weighted by Crippen LogP contribution is -2.32. The van der Waals surface area contributed by atoms with Crippen molar-refractivity contribution in [1.29, 1.82) is 5.26 Å². The Morgan fingerprint density at radius 3 is 2.70 bits per heavy atom. The summed E-state index contributed by atoms with van der Waals surface area (Å²) in [5.74, 6) is 0.225. The Kier molecular flexibility index (Phi) is 5.13. The van der Waals surface area contributed by atoms with Crippen LogP contribution in [0, 0.1) is 25.2 Å². The van der Waals surface area contributed by atoms with Gasteiger partial charge in [0.25, 0.3) is 11.5 Å². The summed E-state index contributed by atoms with van der Waals surface area (Å²) >= 11 is 0. The highest BCUT2D eigenvalue weighted by atomic mass is 16.2. The van der Waals surface area contributed by atoms with Crippen LogP contribution >= 0.6 is 0 Å². The first-order valence-electron chi connectivity index (χ1n) is 8.38. The number of aromatic nitrogens is 4. The second-order valence-corrected chi connectivity index (χ2v) is 6.04. The number of nitrogens with zero attached hydrogens (tertiary/aromatic N) is 5. The molecule has 0 atom stereocenters. The molecule has 1 N–H and O–H groups in total. The topological polar surface area (TPSA) is 106 Å². The van der Waals surface area contributed by atoms with Gasteiger partial charge < -0.3 is 5.32 Å². The van der Waals surface area contributed by atoms with Crippen LogP contribution in [0.5, 0.6) is 0 Å². The Balaban J connectivity index is 1.70. The minimum atomic E-state index is -0.310. The first-order chi connectivity index (χ1) is 13.0. The molecule has 0 fully saturated rings. The van der Waals surface area contributed by atoms with Crippen molar-refractivity contribution in [3.05, 3.63) is 75.3 Å². The molecular formula is C19H18N6O2. The summed E-state index contributed by atoms with van der Waals surface area (Å²) < 4.78 is 2.95. The minimum Gasteiger partial charge on any atom is -0.350 e. The SMILES string of the molecule is Cc1cc(C)n(-c2ccc(=O)n(CCNC(=O)c3cccc(C#N)c3)n2)n1. The van der Waals surface area contributed by atoms with E-state index in [0.717, 1.165) is 11.4 Å². The van der Waals surface area contributed by atoms with Gasteiger partial charge in [0.05, 0.1) is 23.9 Å². The normalized spacial score (nSPS) is 10.4. The molecule has 0 bridgehead atoms. The van der Waals surface area contributed by atoms with Crippen LogP contribution in [-0.4, -0.2) is 32.0 Å². The molecule has 0 spiro atoms. The van der Waals surface area contributed by atoms with Gasteiger partial charge in [0, 0.05) is 23.9 Å². The van der Waals surface area contributed by atoms with Crippen LogP contribution in [0.25, 0.3) is 5.82 Å². The Morgan fingerprint density at radius 1 is 1.19 bits per heavy atom. The van der Waals surface area contributed by atoms with E-state index in [1.54, 1.807) is 28.9 Å². The van der Waals surface area contributed by atoms with E-state index in [-0.39, 0.29) is 24.6 Å². The molecule has 0 radical (unpaired) electrons. The van der Waals surface area contributed by atoms with Gasteiger partial charge in [-0.1, -0.05) is 6.07 Å². The van der Waals surface area contributed by atoms with Gasteiger partial charge in [0.1, 0.15) is 0 Å². The van der Waals surface area contributed by atoms with Crippen LogP contribution < -0.4 is 10.9 Å². The Hall–Kier alpha value is -3.73. The van der Waals surface area contributed by atoms with Crippen molar-refractivity contribution >= 4 is 5.91 Å². The fraction of sp³-hybridized carbons (Fsp3) is 0.211. The van der Waals surface area contributed by atoms with E-state index in [1.807, 2.05) is 26.0 Å². The number of hydrogen-bond acceptors (Lipinski definition) is 5. The number of aryl methyl sites for hydroxylation is 2. The van der Waals surface area contributed by atoms with E-state index in [4.69, 9.17) is 5.26 Å². The highest BCUT2D eigenvalue weighted by Gasteiger charge is 2.09. The van der Waals surface area contributed by atoms with Crippen LogP contribution in [0.3, 0.4) is 0 Å². The molecule has 8 heteroatoms. The molecule has 8 nitrogen and oxygen atoms in total. The van der Waals surface area contributed by atoms with Crippen molar-refractivity contribution in [2.75, 3.05) is 6.54 Å². The van der Waals surface area contributed by atoms with E-state index in [2.05, 4.69) is 15.5 Å². The van der Waals surface area contributed by atoms with Crippen LogP contribution in [0.15, 0.2) is 47.3 Å². The highest BCUT2D eigenvalue weighted by Crippen LogP contribution is 2.08. The zero-order valence-electron chi connectivity index (χ0n) is 15.0. The largest absolute Gasteiger partial charge is 0.350 e. The van der Waals surface area contributed by atoms with Crippen molar-refractivity contribution in [3.63, 3.8) is 0 Å². The van der Waals surface area contributed by atoms with E-state index in [9.17, 15) is 9.59 Å². The van der Waals surface area contributed by atoms with Crippen molar-refractivity contribution in [2.24, 2.45) is 0 Å². The monoisotopic (exact) mass is 362 g/mol. The third kappa shape index (κ3) is 4.10. The molecule has 2 aromatic heterocycles. The Labute approximate surface area is 155 Å². The molecule has 1 aromatic carbocycles. The molecule has 0 aliphatic carbocycles. The highest BCUT2D eigenvalue weighted by molar-refractivity contribution is 5.94. The van der Waals surface area contributed by atoms with E-state index < -0.39 is 0 Å². The quantitative estimate of drug-likeness (QED) is 0.737. The van der Waals surface area contributed by atoms with E-state index >= 15 is 0 Å². The van der Waals surface area contributed by atoms with Gasteiger partial charge >= 0.3 is 0 Å². The number of carbonyl (C=O) groups excluding carboxylic acids is 1. The summed E-state index contributed by atoms with van der Waals surface area (Å²) in [6.07, 6.45) is 0. The molecule has 0 unspecified atom stereocenters. The fourth-order valence-electron chi connectivity index (χ4n) is 2.68. The molecule has 3 rings (SSSR count). The Bertz CT molecular complexity index is 1090. The zero-order chi connectivity index (χ0) is 19.4. The van der Waals surface area contributed by atoms with Gasteiger partial charge in [-0.05, 0) is 44.2 Å². The van der Waals surface area contributed by atoms with Gasteiger partial charge in [0.15, 0.2) is 5.82 Å². The zero-order valence-corrected chi connectivity index (χ0v) is 15.0. The molecule has 2 heterocycles. The van der Waals surface area contributed by atoms with Crippen molar-refractivity contribution in [2.45, 2.75) is 20.4 Å². The molecule has 27 heavy (non-hydrogen) atoms. The van der Waals surface area contributed by atoms with Crippen LogP contribution in [-0.2, 0) is 6.54 Å². The summed E-state index contributed by atoms with van der Waals surface area (Å²) in [5.41, 5.74) is 2.32. The molecule has 0 aliphatic rings. The summed E-state index contributed by atoms with van der Waals surface area (Å²) in [4.78, 5) is 24.2. The number of hydrogen-bond donors (Lipinski definition) is 1. The lowest BCUT2D eigenvalue weighted by Gasteiger charge is -2.09. The average molecular weight is 362 g/mol. The maximum absolute atomic E-state index is 12.2. The predicted molar refractivity (Wildman–Crippen MR) is 98.6 cm³/mol. The number of rotatable bonds is 5. The molecule has 1 amide bonds. The number of amides is 1.